The first-order chi connectivity index (χ1) is 12.5. The van der Waals surface area contributed by atoms with Gasteiger partial charge >= 0.3 is 0 Å². The van der Waals surface area contributed by atoms with E-state index in [4.69, 9.17) is 0 Å². The number of likely N-dealkylation sites (tertiary alicyclic amines) is 2. The number of piperidine rings is 1. The quantitative estimate of drug-likeness (QED) is 0.831. The fraction of sp³-hybridized carbons (Fsp3) is 0.700. The molecule has 140 valence electrons. The molecule has 1 spiro atoms. The Morgan fingerprint density at radius 1 is 1.23 bits per heavy atom. The molecule has 1 aromatic heterocycles. The van der Waals surface area contributed by atoms with Crippen LogP contribution in [0.4, 0.5) is 0 Å². The van der Waals surface area contributed by atoms with Gasteiger partial charge in [0.1, 0.15) is 5.82 Å². The van der Waals surface area contributed by atoms with Crippen molar-refractivity contribution in [2.24, 2.45) is 11.3 Å². The van der Waals surface area contributed by atoms with E-state index in [9.17, 15) is 9.59 Å². The lowest BCUT2D eigenvalue weighted by Gasteiger charge is -2.38. The Labute approximate surface area is 155 Å². The molecule has 26 heavy (non-hydrogen) atoms. The second kappa shape index (κ2) is 6.63. The van der Waals surface area contributed by atoms with Crippen LogP contribution in [0.25, 0.3) is 0 Å². The van der Waals surface area contributed by atoms with Gasteiger partial charge in [-0.05, 0) is 31.6 Å². The first-order valence-electron chi connectivity index (χ1n) is 9.85. The average molecular weight is 356 g/mol. The van der Waals surface area contributed by atoms with Crippen molar-refractivity contribution in [2.45, 2.75) is 51.9 Å². The van der Waals surface area contributed by atoms with Gasteiger partial charge in [-0.1, -0.05) is 13.8 Å². The van der Waals surface area contributed by atoms with Crippen LogP contribution in [0.3, 0.4) is 0 Å². The monoisotopic (exact) mass is 356 g/mol. The van der Waals surface area contributed by atoms with Gasteiger partial charge in [-0.3, -0.25) is 9.59 Å². The summed E-state index contributed by atoms with van der Waals surface area (Å²) in [4.78, 5) is 37.7. The van der Waals surface area contributed by atoms with Crippen molar-refractivity contribution < 1.29 is 9.59 Å². The van der Waals surface area contributed by atoms with Crippen molar-refractivity contribution in [1.29, 1.82) is 0 Å². The zero-order chi connectivity index (χ0) is 18.3. The topological polar surface area (TPSA) is 66.4 Å². The lowest BCUT2D eigenvalue weighted by atomic mass is 9.77. The number of aromatic nitrogens is 2. The van der Waals surface area contributed by atoms with Crippen LogP contribution in [-0.2, 0) is 4.79 Å². The van der Waals surface area contributed by atoms with Gasteiger partial charge in [-0.2, -0.15) is 0 Å². The molecule has 3 fully saturated rings. The van der Waals surface area contributed by atoms with E-state index in [1.54, 1.807) is 12.4 Å². The highest BCUT2D eigenvalue weighted by Crippen LogP contribution is 2.41. The van der Waals surface area contributed by atoms with Gasteiger partial charge in [-0.25, -0.2) is 9.97 Å². The van der Waals surface area contributed by atoms with Crippen molar-refractivity contribution in [3.63, 3.8) is 0 Å². The molecule has 2 saturated heterocycles. The molecule has 0 radical (unpaired) electrons. The Bertz CT molecular complexity index is 688. The number of rotatable bonds is 4. The first-order valence-corrected chi connectivity index (χ1v) is 9.85. The number of amides is 2. The number of nitrogens with zero attached hydrogens (tertiary/aromatic N) is 4. The zero-order valence-electron chi connectivity index (χ0n) is 15.8. The second-order valence-corrected chi connectivity index (χ2v) is 8.74. The van der Waals surface area contributed by atoms with Crippen LogP contribution in [0.1, 0.15) is 68.1 Å². The molecule has 1 saturated carbocycles. The van der Waals surface area contributed by atoms with Crippen molar-refractivity contribution in [3.05, 3.63) is 23.8 Å². The molecule has 0 N–H and O–H groups in total. The summed E-state index contributed by atoms with van der Waals surface area (Å²) >= 11 is 0. The molecule has 0 atom stereocenters. The largest absolute Gasteiger partial charge is 0.342 e. The van der Waals surface area contributed by atoms with Crippen molar-refractivity contribution in [2.75, 3.05) is 26.2 Å². The number of carbonyl (C=O) groups excluding carboxylic acids is 2. The molecular formula is C20H28N4O2. The lowest BCUT2D eigenvalue weighted by molar-refractivity contribution is -0.128. The van der Waals surface area contributed by atoms with Crippen LogP contribution >= 0.6 is 0 Å². The normalized spacial score (nSPS) is 22.5. The molecule has 0 unspecified atom stereocenters. The lowest BCUT2D eigenvalue weighted by Crippen LogP contribution is -2.44. The fourth-order valence-electron chi connectivity index (χ4n) is 4.29. The summed E-state index contributed by atoms with van der Waals surface area (Å²) in [6.45, 7) is 7.42. The van der Waals surface area contributed by atoms with Crippen LogP contribution < -0.4 is 0 Å². The Balaban J connectivity index is 1.35. The van der Waals surface area contributed by atoms with E-state index in [-0.39, 0.29) is 17.2 Å². The third-order valence-electron chi connectivity index (χ3n) is 5.96. The van der Waals surface area contributed by atoms with Gasteiger partial charge in [0.2, 0.25) is 5.91 Å². The minimum Gasteiger partial charge on any atom is -0.342 e. The molecule has 2 amide bonds. The Hall–Kier alpha value is -1.98. The summed E-state index contributed by atoms with van der Waals surface area (Å²) in [5.41, 5.74) is 0.643. The molecule has 1 aromatic rings. The smallest absolute Gasteiger partial charge is 0.256 e. The van der Waals surface area contributed by atoms with Gasteiger partial charge in [0, 0.05) is 56.3 Å². The van der Waals surface area contributed by atoms with E-state index in [0.29, 0.717) is 36.9 Å². The van der Waals surface area contributed by atoms with E-state index in [1.807, 2.05) is 9.80 Å². The Kier molecular flexibility index (Phi) is 4.45. The predicted octanol–water partition coefficient (Wildman–Crippen LogP) is 2.46. The van der Waals surface area contributed by atoms with E-state index in [1.165, 1.54) is 0 Å². The van der Waals surface area contributed by atoms with Gasteiger partial charge in [0.25, 0.3) is 5.91 Å². The molecule has 6 nitrogen and oxygen atoms in total. The summed E-state index contributed by atoms with van der Waals surface area (Å²) in [5, 5.41) is 0. The fourth-order valence-corrected chi connectivity index (χ4v) is 4.29. The highest BCUT2D eigenvalue weighted by Gasteiger charge is 2.45. The van der Waals surface area contributed by atoms with E-state index in [2.05, 4.69) is 23.8 Å². The molecule has 3 aliphatic rings. The maximum atomic E-state index is 12.7. The summed E-state index contributed by atoms with van der Waals surface area (Å²) in [6.07, 6.45) is 8.12. The van der Waals surface area contributed by atoms with Gasteiger partial charge in [-0.15, -0.1) is 0 Å². The van der Waals surface area contributed by atoms with Crippen LogP contribution in [-0.4, -0.2) is 57.8 Å². The van der Waals surface area contributed by atoms with Crippen LogP contribution in [0.15, 0.2) is 12.4 Å². The third kappa shape index (κ3) is 3.46. The highest BCUT2D eigenvalue weighted by atomic mass is 16.2. The molecule has 0 bridgehead atoms. The van der Waals surface area contributed by atoms with E-state index >= 15 is 0 Å². The molecule has 2 aliphatic heterocycles. The molecule has 1 aliphatic carbocycles. The third-order valence-corrected chi connectivity index (χ3v) is 5.96. The summed E-state index contributed by atoms with van der Waals surface area (Å²) in [5.74, 6) is 2.17. The molecular weight excluding hydrogens is 328 g/mol. The van der Waals surface area contributed by atoms with Gasteiger partial charge in [0.15, 0.2) is 0 Å². The predicted molar refractivity (Wildman–Crippen MR) is 97.6 cm³/mol. The van der Waals surface area contributed by atoms with Crippen molar-refractivity contribution in [3.8, 4) is 0 Å². The summed E-state index contributed by atoms with van der Waals surface area (Å²) < 4.78 is 0. The molecule has 4 rings (SSSR count). The van der Waals surface area contributed by atoms with E-state index < -0.39 is 0 Å². The molecule has 6 heteroatoms. The van der Waals surface area contributed by atoms with Crippen LogP contribution in [0.5, 0.6) is 0 Å². The van der Waals surface area contributed by atoms with Crippen LogP contribution in [0, 0.1) is 11.3 Å². The summed E-state index contributed by atoms with van der Waals surface area (Å²) in [6, 6.07) is 0. The van der Waals surface area contributed by atoms with Crippen LogP contribution in [0.2, 0.25) is 0 Å². The average Bonchev–Trinajstić information content (AvgIpc) is 3.42. The van der Waals surface area contributed by atoms with E-state index in [0.717, 1.165) is 44.6 Å². The van der Waals surface area contributed by atoms with Gasteiger partial charge < -0.3 is 9.80 Å². The second-order valence-electron chi connectivity index (χ2n) is 8.74. The van der Waals surface area contributed by atoms with Crippen molar-refractivity contribution in [1.82, 2.24) is 19.8 Å². The zero-order valence-corrected chi connectivity index (χ0v) is 15.8. The number of hydrogen-bond donors (Lipinski definition) is 0. The summed E-state index contributed by atoms with van der Waals surface area (Å²) in [7, 11) is 0. The number of carbonyl (C=O) groups is 2. The maximum absolute atomic E-state index is 12.7. The number of hydrogen-bond acceptors (Lipinski definition) is 4. The standard InChI is InChI=1S/C20H28N4O2/c1-14(2)12-24-13-20(9-17(24)25)5-7-23(8-6-20)19(26)16-10-21-18(22-11-16)15-3-4-15/h10-11,14-15H,3-9,12-13H2,1-2H3. The van der Waals surface area contributed by atoms with Gasteiger partial charge in [0.05, 0.1) is 5.56 Å². The van der Waals surface area contributed by atoms with Crippen molar-refractivity contribution >= 4 is 11.8 Å². The Morgan fingerprint density at radius 2 is 1.88 bits per heavy atom. The minimum atomic E-state index is 0.0190. The maximum Gasteiger partial charge on any atom is 0.256 e. The minimum absolute atomic E-state index is 0.0190. The highest BCUT2D eigenvalue weighted by molar-refractivity contribution is 5.93. The SMILES string of the molecule is CC(C)CN1CC2(CCN(C(=O)c3cnc(C4CC4)nc3)CC2)CC1=O. The Morgan fingerprint density at radius 3 is 2.46 bits per heavy atom. The molecule has 3 heterocycles. The molecule has 0 aromatic carbocycles. The first kappa shape index (κ1) is 17.4.